The van der Waals surface area contributed by atoms with Gasteiger partial charge < -0.3 is 5.32 Å². The number of nitrogens with zero attached hydrogens (tertiary/aromatic N) is 1. The lowest BCUT2D eigenvalue weighted by atomic mass is 10.0. The first-order valence-corrected chi connectivity index (χ1v) is 9.36. The molecule has 0 unspecified atom stereocenters. The maximum Gasteiger partial charge on any atom is 0.252 e. The molecule has 3 heteroatoms. The van der Waals surface area contributed by atoms with Crippen molar-refractivity contribution in [3.8, 4) is 0 Å². The van der Waals surface area contributed by atoms with E-state index in [0.29, 0.717) is 6.54 Å². The van der Waals surface area contributed by atoms with Crippen molar-refractivity contribution in [1.82, 2.24) is 10.2 Å². The summed E-state index contributed by atoms with van der Waals surface area (Å²) in [5.41, 5.74) is 3.25. The number of carbonyl (C=O) groups excluding carboxylic acids is 1. The molecule has 26 heavy (non-hydrogen) atoms. The van der Waals surface area contributed by atoms with Crippen molar-refractivity contribution >= 4 is 16.7 Å². The van der Waals surface area contributed by atoms with Gasteiger partial charge in [-0.3, -0.25) is 9.69 Å². The minimum atomic E-state index is -0.0159. The van der Waals surface area contributed by atoms with Gasteiger partial charge in [0.15, 0.2) is 0 Å². The van der Waals surface area contributed by atoms with E-state index >= 15 is 0 Å². The molecule has 3 aromatic carbocycles. The van der Waals surface area contributed by atoms with E-state index in [1.54, 1.807) is 0 Å². The Bertz CT molecular complexity index is 907. The van der Waals surface area contributed by atoms with Crippen LogP contribution in [0.3, 0.4) is 0 Å². The summed E-state index contributed by atoms with van der Waals surface area (Å²) in [4.78, 5) is 15.3. The predicted molar refractivity (Wildman–Crippen MR) is 106 cm³/mol. The van der Waals surface area contributed by atoms with Crippen LogP contribution in [0.4, 0.5) is 0 Å². The lowest BCUT2D eigenvalue weighted by Crippen LogP contribution is -2.25. The van der Waals surface area contributed by atoms with Crippen LogP contribution < -0.4 is 5.32 Å². The zero-order valence-corrected chi connectivity index (χ0v) is 14.9. The Kier molecular flexibility index (Phi) is 4.98. The lowest BCUT2D eigenvalue weighted by Gasteiger charge is -2.18. The van der Waals surface area contributed by atoms with Crippen LogP contribution in [0, 0.1) is 0 Å². The lowest BCUT2D eigenvalue weighted by molar-refractivity contribution is 0.0952. The zero-order chi connectivity index (χ0) is 17.8. The number of benzene rings is 3. The summed E-state index contributed by atoms with van der Waals surface area (Å²) in [5.74, 6) is -0.0159. The highest BCUT2D eigenvalue weighted by atomic mass is 16.1. The van der Waals surface area contributed by atoms with Crippen molar-refractivity contribution in [2.75, 3.05) is 13.1 Å². The van der Waals surface area contributed by atoms with Crippen molar-refractivity contribution < 1.29 is 4.79 Å². The number of nitrogens with one attached hydrogen (secondary N) is 1. The van der Waals surface area contributed by atoms with E-state index in [1.807, 2.05) is 48.5 Å². The first kappa shape index (κ1) is 16.8. The van der Waals surface area contributed by atoms with Crippen LogP contribution in [0.5, 0.6) is 0 Å². The number of likely N-dealkylation sites (tertiary alicyclic amines) is 1. The fourth-order valence-corrected chi connectivity index (χ4v) is 3.76. The third-order valence-corrected chi connectivity index (χ3v) is 5.18. The summed E-state index contributed by atoms with van der Waals surface area (Å²) in [6.07, 6.45) is 2.58. The molecule has 0 atom stereocenters. The molecule has 132 valence electrons. The number of rotatable bonds is 5. The Morgan fingerprint density at radius 3 is 2.38 bits per heavy atom. The predicted octanol–water partition coefficient (Wildman–Crippen LogP) is 4.37. The number of hydrogen-bond donors (Lipinski definition) is 1. The Morgan fingerprint density at radius 2 is 1.54 bits per heavy atom. The second-order valence-corrected chi connectivity index (χ2v) is 6.96. The number of amides is 1. The third kappa shape index (κ3) is 3.63. The highest BCUT2D eigenvalue weighted by molar-refractivity contribution is 6.06. The smallest absolute Gasteiger partial charge is 0.252 e. The van der Waals surface area contributed by atoms with Crippen LogP contribution >= 0.6 is 0 Å². The molecule has 0 aromatic heterocycles. The standard InChI is InChI=1S/C23H24N2O/c26-23(22-13-7-11-18-8-3-4-12-21(18)22)24-16-19-9-1-2-10-20(19)17-25-14-5-6-15-25/h1-4,7-13H,5-6,14-17H2,(H,24,26). The van der Waals surface area contributed by atoms with Crippen LogP contribution in [-0.2, 0) is 13.1 Å². The Balaban J connectivity index is 1.49. The molecule has 4 rings (SSSR count). The van der Waals surface area contributed by atoms with Gasteiger partial charge in [0, 0.05) is 18.7 Å². The van der Waals surface area contributed by atoms with E-state index in [9.17, 15) is 4.79 Å². The minimum Gasteiger partial charge on any atom is -0.348 e. The molecular weight excluding hydrogens is 320 g/mol. The summed E-state index contributed by atoms with van der Waals surface area (Å²) >= 11 is 0. The van der Waals surface area contributed by atoms with Crippen LogP contribution in [0.15, 0.2) is 66.7 Å². The average Bonchev–Trinajstić information content (AvgIpc) is 3.20. The Hall–Kier alpha value is -2.65. The van der Waals surface area contributed by atoms with Crippen LogP contribution in [0.1, 0.15) is 34.3 Å². The summed E-state index contributed by atoms with van der Waals surface area (Å²) < 4.78 is 0. The minimum absolute atomic E-state index is 0.0159. The first-order chi connectivity index (χ1) is 12.8. The third-order valence-electron chi connectivity index (χ3n) is 5.18. The maximum absolute atomic E-state index is 12.8. The van der Waals surface area contributed by atoms with E-state index in [4.69, 9.17) is 0 Å². The van der Waals surface area contributed by atoms with Gasteiger partial charge in [0.1, 0.15) is 0 Å². The number of carbonyl (C=O) groups is 1. The Labute approximate surface area is 154 Å². The average molecular weight is 344 g/mol. The molecule has 0 radical (unpaired) electrons. The highest BCUT2D eigenvalue weighted by Gasteiger charge is 2.14. The maximum atomic E-state index is 12.8. The van der Waals surface area contributed by atoms with Gasteiger partial charge in [-0.2, -0.15) is 0 Å². The van der Waals surface area contributed by atoms with Crippen molar-refractivity contribution in [2.24, 2.45) is 0 Å². The molecule has 1 amide bonds. The molecule has 0 saturated carbocycles. The molecule has 1 aliphatic heterocycles. The van der Waals surface area contributed by atoms with Crippen molar-refractivity contribution in [3.05, 3.63) is 83.4 Å². The summed E-state index contributed by atoms with van der Waals surface area (Å²) in [6.45, 7) is 3.89. The molecule has 1 N–H and O–H groups in total. The normalized spacial score (nSPS) is 14.6. The SMILES string of the molecule is O=C(NCc1ccccc1CN1CCCC1)c1cccc2ccccc12. The number of fused-ring (bicyclic) bond motifs is 1. The molecule has 0 spiro atoms. The summed E-state index contributed by atoms with van der Waals surface area (Å²) in [5, 5.41) is 5.21. The molecule has 1 aliphatic rings. The van der Waals surface area contributed by atoms with Gasteiger partial charge in [-0.25, -0.2) is 0 Å². The fourth-order valence-electron chi connectivity index (χ4n) is 3.76. The topological polar surface area (TPSA) is 32.3 Å². The van der Waals surface area contributed by atoms with Crippen LogP contribution in [0.25, 0.3) is 10.8 Å². The quantitative estimate of drug-likeness (QED) is 0.745. The molecule has 3 aromatic rings. The summed E-state index contributed by atoms with van der Waals surface area (Å²) in [6, 6.07) is 22.3. The molecule has 1 fully saturated rings. The van der Waals surface area contributed by atoms with Crippen molar-refractivity contribution in [1.29, 1.82) is 0 Å². The first-order valence-electron chi connectivity index (χ1n) is 9.36. The Morgan fingerprint density at radius 1 is 0.846 bits per heavy atom. The van der Waals surface area contributed by atoms with Gasteiger partial charge in [0.05, 0.1) is 0 Å². The van der Waals surface area contributed by atoms with E-state index in [1.165, 1.54) is 37.1 Å². The van der Waals surface area contributed by atoms with Crippen molar-refractivity contribution in [2.45, 2.75) is 25.9 Å². The van der Waals surface area contributed by atoms with Gasteiger partial charge in [0.25, 0.3) is 5.91 Å². The van der Waals surface area contributed by atoms with E-state index in [0.717, 1.165) is 22.9 Å². The van der Waals surface area contributed by atoms with Crippen molar-refractivity contribution in [3.63, 3.8) is 0 Å². The van der Waals surface area contributed by atoms with Gasteiger partial charge in [-0.05, 0) is 53.9 Å². The molecule has 1 saturated heterocycles. The number of hydrogen-bond acceptors (Lipinski definition) is 2. The second-order valence-electron chi connectivity index (χ2n) is 6.96. The second kappa shape index (κ2) is 7.71. The van der Waals surface area contributed by atoms with E-state index in [2.05, 4.69) is 28.4 Å². The van der Waals surface area contributed by atoms with Gasteiger partial charge in [0.2, 0.25) is 0 Å². The molecule has 0 aliphatic carbocycles. The monoisotopic (exact) mass is 344 g/mol. The fraction of sp³-hybridized carbons (Fsp3) is 0.261. The van der Waals surface area contributed by atoms with E-state index < -0.39 is 0 Å². The molecule has 0 bridgehead atoms. The van der Waals surface area contributed by atoms with Crippen LogP contribution in [-0.4, -0.2) is 23.9 Å². The van der Waals surface area contributed by atoms with Gasteiger partial charge in [-0.15, -0.1) is 0 Å². The van der Waals surface area contributed by atoms with Gasteiger partial charge >= 0.3 is 0 Å². The zero-order valence-electron chi connectivity index (χ0n) is 14.9. The molecule has 3 nitrogen and oxygen atoms in total. The molecular formula is C23H24N2O. The summed E-state index contributed by atoms with van der Waals surface area (Å²) in [7, 11) is 0. The van der Waals surface area contributed by atoms with Crippen LogP contribution in [0.2, 0.25) is 0 Å². The largest absolute Gasteiger partial charge is 0.348 e. The molecule has 1 heterocycles. The van der Waals surface area contributed by atoms with E-state index in [-0.39, 0.29) is 5.91 Å². The van der Waals surface area contributed by atoms with Gasteiger partial charge in [-0.1, -0.05) is 60.7 Å². The highest BCUT2D eigenvalue weighted by Crippen LogP contribution is 2.19.